The van der Waals surface area contributed by atoms with Crippen LogP contribution in [0.2, 0.25) is 0 Å². The Kier molecular flexibility index (Phi) is 3.22. The quantitative estimate of drug-likeness (QED) is 0.917. The zero-order chi connectivity index (χ0) is 14.3. The van der Waals surface area contributed by atoms with E-state index < -0.39 is 6.10 Å². The second kappa shape index (κ2) is 4.90. The first-order chi connectivity index (χ1) is 9.58. The number of rotatable bonds is 2. The first kappa shape index (κ1) is 13.1. The minimum atomic E-state index is -0.644. The second-order valence-electron chi connectivity index (χ2n) is 5.10. The predicted molar refractivity (Wildman–Crippen MR) is 71.9 cm³/mol. The highest BCUT2D eigenvalue weighted by Gasteiger charge is 2.30. The van der Waals surface area contributed by atoms with Crippen molar-refractivity contribution in [1.29, 1.82) is 0 Å². The van der Waals surface area contributed by atoms with Crippen LogP contribution in [0.15, 0.2) is 24.4 Å². The Morgan fingerprint density at radius 2 is 2.25 bits per heavy atom. The third-order valence-corrected chi connectivity index (χ3v) is 3.66. The van der Waals surface area contributed by atoms with Crippen LogP contribution in [0.3, 0.4) is 0 Å². The predicted octanol–water partition coefficient (Wildman–Crippen LogP) is 2.68. The molecule has 0 bridgehead atoms. The highest BCUT2D eigenvalue weighted by atomic mass is 19.1. The molecule has 106 valence electrons. The van der Waals surface area contributed by atoms with E-state index in [1.165, 1.54) is 12.1 Å². The molecule has 4 nitrogen and oxygen atoms in total. The molecule has 2 unspecified atom stereocenters. The fourth-order valence-electron chi connectivity index (χ4n) is 2.70. The molecule has 2 atom stereocenters. The maximum absolute atomic E-state index is 13.3. The maximum atomic E-state index is 13.3. The lowest BCUT2D eigenvalue weighted by Crippen LogP contribution is -2.19. The van der Waals surface area contributed by atoms with Crippen molar-refractivity contribution < 1.29 is 14.2 Å². The first-order valence-electron chi connectivity index (χ1n) is 6.75. The average molecular weight is 276 g/mol. The van der Waals surface area contributed by atoms with Gasteiger partial charge >= 0.3 is 0 Å². The topological polar surface area (TPSA) is 47.3 Å². The van der Waals surface area contributed by atoms with E-state index >= 15 is 0 Å². The third-order valence-electron chi connectivity index (χ3n) is 3.66. The van der Waals surface area contributed by atoms with Gasteiger partial charge in [-0.15, -0.1) is 0 Å². The molecule has 5 heteroatoms. The summed E-state index contributed by atoms with van der Waals surface area (Å²) in [5.74, 6) is 0.0538. The summed E-state index contributed by atoms with van der Waals surface area (Å²) in [6.07, 6.45) is 2.22. The summed E-state index contributed by atoms with van der Waals surface area (Å²) in [7, 11) is 1.86. The minimum absolute atomic E-state index is 0.289. The molecule has 2 aromatic rings. The zero-order valence-corrected chi connectivity index (χ0v) is 11.5. The molecule has 20 heavy (non-hydrogen) atoms. The number of halogens is 1. The number of hydrogen-bond acceptors (Lipinski definition) is 3. The molecule has 1 aliphatic heterocycles. The Balaban J connectivity index is 1.98. The number of nitrogens with zero attached hydrogens (tertiary/aromatic N) is 2. The van der Waals surface area contributed by atoms with Crippen molar-refractivity contribution in [3.05, 3.63) is 47.0 Å². The number of benzene rings is 1. The number of hydrogen-bond donors (Lipinski definition) is 1. The molecular weight excluding hydrogens is 259 g/mol. The summed E-state index contributed by atoms with van der Waals surface area (Å²) < 4.78 is 20.9. The van der Waals surface area contributed by atoms with Crippen molar-refractivity contribution in [3.8, 4) is 5.75 Å². The van der Waals surface area contributed by atoms with Crippen LogP contribution in [0.1, 0.15) is 42.4 Å². The van der Waals surface area contributed by atoms with Gasteiger partial charge in [0, 0.05) is 36.9 Å². The van der Waals surface area contributed by atoms with Gasteiger partial charge in [0.05, 0.1) is 11.8 Å². The molecular formula is C15H17FN2O2. The van der Waals surface area contributed by atoms with Crippen LogP contribution in [0.5, 0.6) is 5.75 Å². The zero-order valence-electron chi connectivity index (χ0n) is 11.5. The van der Waals surface area contributed by atoms with Crippen LogP contribution in [0, 0.1) is 5.82 Å². The number of fused-ring (bicyclic) bond motifs is 1. The van der Waals surface area contributed by atoms with Crippen molar-refractivity contribution in [2.75, 3.05) is 0 Å². The number of aliphatic hydroxyl groups excluding tert-OH is 1. The summed E-state index contributed by atoms with van der Waals surface area (Å²) in [6, 6.07) is 4.25. The Morgan fingerprint density at radius 3 is 3.00 bits per heavy atom. The molecule has 0 amide bonds. The van der Waals surface area contributed by atoms with Gasteiger partial charge in [0.2, 0.25) is 0 Å². The molecule has 0 radical (unpaired) electrons. The third kappa shape index (κ3) is 2.18. The van der Waals surface area contributed by atoms with Crippen molar-refractivity contribution in [2.45, 2.75) is 32.0 Å². The van der Waals surface area contributed by atoms with Gasteiger partial charge in [0.25, 0.3) is 0 Å². The summed E-state index contributed by atoms with van der Waals surface area (Å²) in [5, 5.41) is 14.6. The Hall–Kier alpha value is -1.88. The molecule has 3 rings (SSSR count). The standard InChI is InChI=1S/C15H17FN2O2/c1-3-12-11(8-18(2)17-12)15-7-13(19)10-5-4-9(16)6-14(10)20-15/h4-6,8,13,15,19H,3,7H2,1-2H3. The summed E-state index contributed by atoms with van der Waals surface area (Å²) in [6.45, 7) is 2.03. The molecule has 0 saturated carbocycles. The van der Waals surface area contributed by atoms with E-state index in [1.54, 1.807) is 10.7 Å². The van der Waals surface area contributed by atoms with Crippen LogP contribution in [0.25, 0.3) is 0 Å². The van der Waals surface area contributed by atoms with Gasteiger partial charge in [-0.1, -0.05) is 6.92 Å². The molecule has 1 aromatic carbocycles. The molecule has 0 spiro atoms. The molecule has 1 N–H and O–H groups in total. The van der Waals surface area contributed by atoms with Crippen molar-refractivity contribution in [3.63, 3.8) is 0 Å². The van der Waals surface area contributed by atoms with Gasteiger partial charge < -0.3 is 9.84 Å². The van der Waals surface area contributed by atoms with Gasteiger partial charge in [-0.25, -0.2) is 4.39 Å². The molecule has 0 aliphatic carbocycles. The number of ether oxygens (including phenoxy) is 1. The van der Waals surface area contributed by atoms with Crippen LogP contribution >= 0.6 is 0 Å². The van der Waals surface area contributed by atoms with E-state index in [0.717, 1.165) is 17.7 Å². The van der Waals surface area contributed by atoms with E-state index in [9.17, 15) is 9.50 Å². The summed E-state index contributed by atoms with van der Waals surface area (Å²) >= 11 is 0. The van der Waals surface area contributed by atoms with Crippen LogP contribution in [-0.2, 0) is 13.5 Å². The van der Waals surface area contributed by atoms with Gasteiger partial charge in [-0.2, -0.15) is 5.10 Å². The lowest BCUT2D eigenvalue weighted by Gasteiger charge is -2.29. The average Bonchev–Trinajstić information content (AvgIpc) is 2.79. The molecule has 2 heterocycles. The van der Waals surface area contributed by atoms with Gasteiger partial charge in [0.1, 0.15) is 17.7 Å². The van der Waals surface area contributed by atoms with Crippen LogP contribution < -0.4 is 4.74 Å². The highest BCUT2D eigenvalue weighted by molar-refractivity contribution is 5.39. The SMILES string of the molecule is CCc1nn(C)cc1C1CC(O)c2ccc(F)cc2O1. The summed E-state index contributed by atoms with van der Waals surface area (Å²) in [4.78, 5) is 0. The largest absolute Gasteiger partial charge is 0.485 e. The van der Waals surface area contributed by atoms with Gasteiger partial charge in [0.15, 0.2) is 0 Å². The van der Waals surface area contributed by atoms with Crippen LogP contribution in [-0.4, -0.2) is 14.9 Å². The second-order valence-corrected chi connectivity index (χ2v) is 5.10. The number of aliphatic hydroxyl groups is 1. The normalized spacial score (nSPS) is 21.4. The minimum Gasteiger partial charge on any atom is -0.485 e. The van der Waals surface area contributed by atoms with Crippen LogP contribution in [0.4, 0.5) is 4.39 Å². The Bertz CT molecular complexity index is 639. The fraction of sp³-hybridized carbons (Fsp3) is 0.400. The van der Waals surface area contributed by atoms with Crippen molar-refractivity contribution in [1.82, 2.24) is 9.78 Å². The van der Waals surface area contributed by atoms with E-state index in [1.807, 2.05) is 20.2 Å². The Morgan fingerprint density at radius 1 is 1.45 bits per heavy atom. The Labute approximate surface area is 116 Å². The first-order valence-corrected chi connectivity index (χ1v) is 6.75. The number of aryl methyl sites for hydroxylation is 2. The molecule has 0 saturated heterocycles. The molecule has 1 aromatic heterocycles. The molecule has 0 fully saturated rings. The fourth-order valence-corrected chi connectivity index (χ4v) is 2.70. The van der Waals surface area contributed by atoms with Gasteiger partial charge in [-0.3, -0.25) is 4.68 Å². The highest BCUT2D eigenvalue weighted by Crippen LogP contribution is 2.41. The van der Waals surface area contributed by atoms with Crippen molar-refractivity contribution >= 4 is 0 Å². The smallest absolute Gasteiger partial charge is 0.130 e. The lowest BCUT2D eigenvalue weighted by molar-refractivity contribution is 0.0649. The number of aromatic nitrogens is 2. The van der Waals surface area contributed by atoms with E-state index in [-0.39, 0.29) is 11.9 Å². The van der Waals surface area contributed by atoms with E-state index in [2.05, 4.69) is 5.10 Å². The maximum Gasteiger partial charge on any atom is 0.130 e. The van der Waals surface area contributed by atoms with Crippen molar-refractivity contribution in [2.24, 2.45) is 7.05 Å². The molecule has 1 aliphatic rings. The van der Waals surface area contributed by atoms with E-state index in [4.69, 9.17) is 4.74 Å². The van der Waals surface area contributed by atoms with Gasteiger partial charge in [-0.05, 0) is 18.6 Å². The monoisotopic (exact) mass is 276 g/mol. The summed E-state index contributed by atoms with van der Waals surface area (Å²) in [5.41, 5.74) is 2.55. The van der Waals surface area contributed by atoms with E-state index in [0.29, 0.717) is 17.7 Å². The lowest BCUT2D eigenvalue weighted by atomic mass is 9.95.